The van der Waals surface area contributed by atoms with E-state index in [0.29, 0.717) is 12.2 Å². The summed E-state index contributed by atoms with van der Waals surface area (Å²) < 4.78 is 16.1. The molecule has 0 aliphatic rings. The van der Waals surface area contributed by atoms with Crippen LogP contribution in [0.3, 0.4) is 0 Å². The van der Waals surface area contributed by atoms with E-state index in [1.807, 2.05) is 18.2 Å². The van der Waals surface area contributed by atoms with Crippen LogP contribution in [0.5, 0.6) is 5.75 Å². The molecule has 110 valence electrons. The van der Waals surface area contributed by atoms with E-state index in [1.54, 1.807) is 18.8 Å². The topological polar surface area (TPSA) is 43.4 Å². The van der Waals surface area contributed by atoms with Gasteiger partial charge in [-0.3, -0.25) is 4.79 Å². The van der Waals surface area contributed by atoms with Crippen molar-refractivity contribution < 1.29 is 14.1 Å². The lowest BCUT2D eigenvalue weighted by atomic mass is 10.1. The number of hydrogen-bond donors (Lipinski definition) is 0. The molecule has 1 aromatic rings. The summed E-state index contributed by atoms with van der Waals surface area (Å²) in [5.74, 6) is 0.463. The molecular weight excluding hydrogens is 271 g/mol. The molecular formula is C16H24O3P+. The summed E-state index contributed by atoms with van der Waals surface area (Å²) in [5.41, 5.74) is 0. The highest BCUT2D eigenvalue weighted by molar-refractivity contribution is 7.43. The molecule has 0 heterocycles. The van der Waals surface area contributed by atoms with Gasteiger partial charge in [0.1, 0.15) is 18.6 Å². The minimum absolute atomic E-state index is 0.154. The van der Waals surface area contributed by atoms with Gasteiger partial charge in [0, 0.05) is 6.42 Å². The highest BCUT2D eigenvalue weighted by atomic mass is 31.1. The van der Waals surface area contributed by atoms with Crippen molar-refractivity contribution in [2.24, 2.45) is 0 Å². The molecule has 0 N–H and O–H groups in total. The van der Waals surface area contributed by atoms with E-state index in [9.17, 15) is 9.36 Å². The van der Waals surface area contributed by atoms with E-state index >= 15 is 0 Å². The predicted molar refractivity (Wildman–Crippen MR) is 82.8 cm³/mol. The zero-order valence-corrected chi connectivity index (χ0v) is 13.1. The highest BCUT2D eigenvalue weighted by Crippen LogP contribution is 2.17. The Kier molecular flexibility index (Phi) is 8.90. The van der Waals surface area contributed by atoms with Gasteiger partial charge in [0.25, 0.3) is 0 Å². The summed E-state index contributed by atoms with van der Waals surface area (Å²) in [5, 5.41) is 0. The zero-order chi connectivity index (χ0) is 14.6. The van der Waals surface area contributed by atoms with E-state index < -0.39 is 7.80 Å². The number of unbranched alkanes of at least 4 members (excludes halogenated alkanes) is 5. The van der Waals surface area contributed by atoms with Crippen LogP contribution in [0.1, 0.15) is 44.9 Å². The van der Waals surface area contributed by atoms with Crippen LogP contribution >= 0.6 is 7.80 Å². The third-order valence-electron chi connectivity index (χ3n) is 3.08. The molecule has 0 bridgehead atoms. The standard InChI is InChI=1S/C16H24O3P/c1-20(18)14-10-5-3-2-4-9-13-16(17)19-15-11-7-6-8-12-15/h6-8,11-12H,2-5,9-10,13-14H2,1H3/q+1. The minimum Gasteiger partial charge on any atom is -0.427 e. The van der Waals surface area contributed by atoms with Crippen molar-refractivity contribution >= 4 is 13.8 Å². The molecule has 1 unspecified atom stereocenters. The average Bonchev–Trinajstić information content (AvgIpc) is 2.42. The fourth-order valence-electron chi connectivity index (χ4n) is 1.98. The lowest BCUT2D eigenvalue weighted by molar-refractivity contribution is -0.134. The number of ether oxygens (including phenoxy) is 1. The summed E-state index contributed by atoms with van der Waals surface area (Å²) in [6.07, 6.45) is 7.77. The van der Waals surface area contributed by atoms with Gasteiger partial charge in [-0.15, -0.1) is 0 Å². The molecule has 4 heteroatoms. The van der Waals surface area contributed by atoms with Crippen molar-refractivity contribution in [2.45, 2.75) is 44.9 Å². The van der Waals surface area contributed by atoms with Gasteiger partial charge >= 0.3 is 13.8 Å². The second-order valence-electron chi connectivity index (χ2n) is 5.01. The summed E-state index contributed by atoms with van der Waals surface area (Å²) in [4.78, 5) is 11.6. The molecule has 3 nitrogen and oxygen atoms in total. The predicted octanol–water partition coefficient (Wildman–Crippen LogP) is 4.78. The molecule has 0 spiro atoms. The van der Waals surface area contributed by atoms with E-state index in [-0.39, 0.29) is 5.97 Å². The number of para-hydroxylation sites is 1. The number of esters is 1. The van der Waals surface area contributed by atoms with Gasteiger partial charge in [0.2, 0.25) is 0 Å². The normalized spacial score (nSPS) is 11.2. The number of benzene rings is 1. The van der Waals surface area contributed by atoms with Crippen molar-refractivity contribution in [1.82, 2.24) is 0 Å². The van der Waals surface area contributed by atoms with Gasteiger partial charge in [0.05, 0.1) is 0 Å². The Morgan fingerprint density at radius 1 is 1.00 bits per heavy atom. The molecule has 20 heavy (non-hydrogen) atoms. The SMILES string of the molecule is C[P+](=O)CCCCCCCCC(=O)Oc1ccccc1. The third-order valence-corrected chi connectivity index (χ3v) is 4.02. The second-order valence-corrected chi connectivity index (χ2v) is 6.71. The lowest BCUT2D eigenvalue weighted by Gasteiger charge is -2.03. The zero-order valence-electron chi connectivity index (χ0n) is 12.2. The van der Waals surface area contributed by atoms with Crippen LogP contribution in [0.4, 0.5) is 0 Å². The lowest BCUT2D eigenvalue weighted by Crippen LogP contribution is -2.07. The molecule has 1 atom stereocenters. The Morgan fingerprint density at radius 2 is 1.60 bits per heavy atom. The van der Waals surface area contributed by atoms with Gasteiger partial charge in [-0.25, -0.2) is 0 Å². The quantitative estimate of drug-likeness (QED) is 0.270. The molecule has 0 saturated carbocycles. The second kappa shape index (κ2) is 10.6. The summed E-state index contributed by atoms with van der Waals surface area (Å²) >= 11 is 0. The summed E-state index contributed by atoms with van der Waals surface area (Å²) in [7, 11) is -0.972. The molecule has 0 saturated heterocycles. The number of rotatable bonds is 10. The summed E-state index contributed by atoms with van der Waals surface area (Å²) in [6.45, 7) is 1.79. The number of carbonyl (C=O) groups is 1. The third kappa shape index (κ3) is 8.82. The maximum Gasteiger partial charge on any atom is 0.335 e. The fraction of sp³-hybridized carbons (Fsp3) is 0.562. The molecule has 0 aromatic heterocycles. The largest absolute Gasteiger partial charge is 0.427 e. The van der Waals surface area contributed by atoms with Crippen LogP contribution in [-0.4, -0.2) is 18.8 Å². The Labute approximate surface area is 122 Å². The van der Waals surface area contributed by atoms with Crippen LogP contribution in [0.25, 0.3) is 0 Å². The van der Waals surface area contributed by atoms with Gasteiger partial charge < -0.3 is 4.74 Å². The molecule has 1 rings (SSSR count). The van der Waals surface area contributed by atoms with Crippen LogP contribution in [0.15, 0.2) is 30.3 Å². The van der Waals surface area contributed by atoms with E-state index in [1.165, 1.54) is 0 Å². The Balaban J connectivity index is 1.96. The molecule has 0 radical (unpaired) electrons. The van der Waals surface area contributed by atoms with Crippen LogP contribution in [0.2, 0.25) is 0 Å². The first kappa shape index (κ1) is 16.8. The molecule has 0 fully saturated rings. The molecule has 0 amide bonds. The van der Waals surface area contributed by atoms with Crippen molar-refractivity contribution in [1.29, 1.82) is 0 Å². The van der Waals surface area contributed by atoms with Crippen molar-refractivity contribution in [3.05, 3.63) is 30.3 Å². The molecule has 1 aromatic carbocycles. The van der Waals surface area contributed by atoms with Gasteiger partial charge in [-0.05, 0) is 31.4 Å². The molecule has 0 aliphatic carbocycles. The van der Waals surface area contributed by atoms with Gasteiger partial charge in [-0.1, -0.05) is 42.0 Å². The minimum atomic E-state index is -0.972. The smallest absolute Gasteiger partial charge is 0.335 e. The first-order chi connectivity index (χ1) is 9.68. The van der Waals surface area contributed by atoms with E-state index in [2.05, 4.69) is 0 Å². The number of hydrogen-bond acceptors (Lipinski definition) is 3. The maximum atomic E-state index is 11.6. The van der Waals surface area contributed by atoms with Crippen molar-refractivity contribution in [3.8, 4) is 5.75 Å². The van der Waals surface area contributed by atoms with Crippen molar-refractivity contribution in [3.63, 3.8) is 0 Å². The number of carbonyl (C=O) groups excluding carboxylic acids is 1. The van der Waals surface area contributed by atoms with Crippen LogP contribution < -0.4 is 4.74 Å². The van der Waals surface area contributed by atoms with Crippen LogP contribution in [0, 0.1) is 0 Å². The first-order valence-corrected chi connectivity index (χ1v) is 9.21. The van der Waals surface area contributed by atoms with Gasteiger partial charge in [0.15, 0.2) is 0 Å². The Bertz CT molecular complexity index is 403. The van der Waals surface area contributed by atoms with Crippen LogP contribution in [-0.2, 0) is 9.36 Å². The summed E-state index contributed by atoms with van der Waals surface area (Å²) in [6, 6.07) is 9.18. The van der Waals surface area contributed by atoms with E-state index in [0.717, 1.165) is 44.7 Å². The Hall–Kier alpha value is -1.21. The maximum absolute atomic E-state index is 11.6. The molecule has 0 aliphatic heterocycles. The first-order valence-electron chi connectivity index (χ1n) is 7.32. The average molecular weight is 295 g/mol. The fourth-order valence-corrected chi connectivity index (χ4v) is 2.65. The monoisotopic (exact) mass is 295 g/mol. The van der Waals surface area contributed by atoms with E-state index in [4.69, 9.17) is 4.74 Å². The highest BCUT2D eigenvalue weighted by Gasteiger charge is 2.05. The van der Waals surface area contributed by atoms with Crippen molar-refractivity contribution in [2.75, 3.05) is 12.8 Å². The van der Waals surface area contributed by atoms with Gasteiger partial charge in [-0.2, -0.15) is 0 Å². The Morgan fingerprint density at radius 3 is 2.25 bits per heavy atom.